The van der Waals surface area contributed by atoms with Gasteiger partial charge in [0.15, 0.2) is 0 Å². The Balaban J connectivity index is 1.46. The third-order valence-electron chi connectivity index (χ3n) is 4.21. The molecule has 1 aliphatic heterocycles. The fourth-order valence-corrected chi connectivity index (χ4v) is 2.87. The van der Waals surface area contributed by atoms with Crippen molar-refractivity contribution in [2.45, 2.75) is 6.42 Å². The minimum absolute atomic E-state index is 0.0233. The van der Waals surface area contributed by atoms with Gasteiger partial charge in [-0.3, -0.25) is 4.79 Å². The molecule has 3 rings (SSSR count). The zero-order chi connectivity index (χ0) is 17.6. The summed E-state index contributed by atoms with van der Waals surface area (Å²) in [5.74, 6) is -0.397. The van der Waals surface area contributed by atoms with E-state index in [0.717, 1.165) is 11.8 Å². The molecule has 0 unspecified atom stereocenters. The van der Waals surface area contributed by atoms with Gasteiger partial charge in [-0.05, 0) is 24.3 Å². The van der Waals surface area contributed by atoms with Gasteiger partial charge in [-0.25, -0.2) is 8.78 Å². The lowest BCUT2D eigenvalue weighted by Crippen LogP contribution is -2.49. The van der Waals surface area contributed by atoms with Crippen molar-refractivity contribution in [1.82, 2.24) is 4.90 Å². The van der Waals surface area contributed by atoms with Crippen molar-refractivity contribution in [3.63, 3.8) is 0 Å². The maximum absolute atomic E-state index is 13.8. The number of hydrogen-bond acceptors (Lipinski definition) is 3. The summed E-state index contributed by atoms with van der Waals surface area (Å²) in [5, 5.41) is 0. The number of rotatable bonds is 5. The van der Waals surface area contributed by atoms with E-state index in [1.807, 2.05) is 35.2 Å². The quantitative estimate of drug-likeness (QED) is 0.834. The maximum atomic E-state index is 13.8. The maximum Gasteiger partial charge on any atom is 0.226 e. The van der Waals surface area contributed by atoms with Gasteiger partial charge in [0.05, 0.1) is 18.7 Å². The Labute approximate surface area is 145 Å². The molecule has 1 amide bonds. The highest BCUT2D eigenvalue weighted by molar-refractivity contribution is 5.76. The summed E-state index contributed by atoms with van der Waals surface area (Å²) in [6, 6.07) is 12.9. The van der Waals surface area contributed by atoms with Gasteiger partial charge in [-0.2, -0.15) is 0 Å². The Morgan fingerprint density at radius 3 is 2.40 bits per heavy atom. The molecule has 1 fully saturated rings. The largest absolute Gasteiger partial charge is 0.493 e. The van der Waals surface area contributed by atoms with Crippen LogP contribution in [-0.4, -0.2) is 43.6 Å². The number of carbonyl (C=O) groups excluding carboxylic acids is 1. The molecule has 2 aromatic carbocycles. The van der Waals surface area contributed by atoms with Crippen LogP contribution < -0.4 is 9.64 Å². The second-order valence-electron chi connectivity index (χ2n) is 5.88. The highest BCUT2D eigenvalue weighted by atomic mass is 19.1. The molecular formula is C19H20F2N2O2. The summed E-state index contributed by atoms with van der Waals surface area (Å²) in [6.45, 7) is 2.40. The Morgan fingerprint density at radius 1 is 1.00 bits per heavy atom. The van der Waals surface area contributed by atoms with E-state index < -0.39 is 11.6 Å². The molecule has 1 heterocycles. The number of hydrogen-bond donors (Lipinski definition) is 0. The van der Waals surface area contributed by atoms with Crippen molar-refractivity contribution in [3.05, 3.63) is 60.2 Å². The molecule has 0 saturated carbocycles. The summed E-state index contributed by atoms with van der Waals surface area (Å²) in [4.78, 5) is 15.8. The molecule has 132 valence electrons. The fraction of sp³-hybridized carbons (Fsp3) is 0.316. The highest BCUT2D eigenvalue weighted by Crippen LogP contribution is 2.21. The second-order valence-corrected chi connectivity index (χ2v) is 5.88. The fourth-order valence-electron chi connectivity index (χ4n) is 2.87. The Kier molecular flexibility index (Phi) is 5.48. The molecule has 2 aromatic rings. The normalized spacial score (nSPS) is 14.5. The van der Waals surface area contributed by atoms with E-state index in [1.54, 1.807) is 4.90 Å². The molecule has 0 spiro atoms. The van der Waals surface area contributed by atoms with Crippen LogP contribution in [-0.2, 0) is 4.79 Å². The summed E-state index contributed by atoms with van der Waals surface area (Å²) >= 11 is 0. The summed E-state index contributed by atoms with van der Waals surface area (Å²) in [7, 11) is 0. The van der Waals surface area contributed by atoms with Gasteiger partial charge in [0.2, 0.25) is 5.91 Å². The number of anilines is 1. The second kappa shape index (κ2) is 7.96. The number of halogens is 2. The van der Waals surface area contributed by atoms with E-state index in [4.69, 9.17) is 4.74 Å². The van der Waals surface area contributed by atoms with Gasteiger partial charge < -0.3 is 14.5 Å². The van der Waals surface area contributed by atoms with E-state index in [-0.39, 0.29) is 5.91 Å². The Morgan fingerprint density at radius 2 is 1.72 bits per heavy atom. The van der Waals surface area contributed by atoms with E-state index in [2.05, 4.69) is 0 Å². The first-order valence-corrected chi connectivity index (χ1v) is 8.29. The van der Waals surface area contributed by atoms with Crippen LogP contribution in [0.2, 0.25) is 0 Å². The third kappa shape index (κ3) is 4.47. The predicted molar refractivity (Wildman–Crippen MR) is 91.7 cm³/mol. The number of ether oxygens (including phenoxy) is 1. The van der Waals surface area contributed by atoms with E-state index in [9.17, 15) is 13.6 Å². The molecule has 0 atom stereocenters. The van der Waals surface area contributed by atoms with Crippen LogP contribution in [0.15, 0.2) is 48.5 Å². The lowest BCUT2D eigenvalue weighted by atomic mass is 10.2. The lowest BCUT2D eigenvalue weighted by molar-refractivity contribution is -0.132. The van der Waals surface area contributed by atoms with Crippen molar-refractivity contribution < 1.29 is 18.3 Å². The number of nitrogens with zero attached hydrogens (tertiary/aromatic N) is 2. The Hall–Kier alpha value is -2.63. The van der Waals surface area contributed by atoms with E-state index in [1.165, 1.54) is 12.1 Å². The van der Waals surface area contributed by atoms with Crippen LogP contribution in [0.3, 0.4) is 0 Å². The monoisotopic (exact) mass is 346 g/mol. The molecule has 0 bridgehead atoms. The van der Waals surface area contributed by atoms with Crippen LogP contribution in [0.4, 0.5) is 14.5 Å². The van der Waals surface area contributed by atoms with Gasteiger partial charge in [-0.1, -0.05) is 18.2 Å². The van der Waals surface area contributed by atoms with Crippen LogP contribution in [0.25, 0.3) is 0 Å². The SMILES string of the molecule is O=C(CCOc1ccccc1)N1CCN(c2ccc(F)cc2F)CC1. The number of benzene rings is 2. The van der Waals surface area contributed by atoms with Crippen LogP contribution in [0, 0.1) is 11.6 Å². The zero-order valence-corrected chi connectivity index (χ0v) is 13.8. The van der Waals surface area contributed by atoms with E-state index >= 15 is 0 Å². The Bertz CT molecular complexity index is 717. The van der Waals surface area contributed by atoms with Gasteiger partial charge in [-0.15, -0.1) is 0 Å². The van der Waals surface area contributed by atoms with Crippen molar-refractivity contribution in [2.75, 3.05) is 37.7 Å². The molecule has 0 aliphatic carbocycles. The lowest BCUT2D eigenvalue weighted by Gasteiger charge is -2.36. The topological polar surface area (TPSA) is 32.8 Å². The first-order valence-electron chi connectivity index (χ1n) is 8.29. The number of carbonyl (C=O) groups is 1. The van der Waals surface area contributed by atoms with Crippen molar-refractivity contribution in [1.29, 1.82) is 0 Å². The molecule has 0 aromatic heterocycles. The average Bonchev–Trinajstić information content (AvgIpc) is 2.63. The summed E-state index contributed by atoms with van der Waals surface area (Å²) < 4.78 is 32.4. The number of amides is 1. The molecule has 1 saturated heterocycles. The predicted octanol–water partition coefficient (Wildman–Crippen LogP) is 3.08. The number of para-hydroxylation sites is 1. The van der Waals surface area contributed by atoms with Crippen LogP contribution in [0.1, 0.15) is 6.42 Å². The molecule has 25 heavy (non-hydrogen) atoms. The van der Waals surface area contributed by atoms with Gasteiger partial charge in [0, 0.05) is 32.2 Å². The molecular weight excluding hydrogens is 326 g/mol. The molecule has 4 nitrogen and oxygen atoms in total. The summed E-state index contributed by atoms with van der Waals surface area (Å²) in [5.41, 5.74) is 0.376. The molecule has 0 N–H and O–H groups in total. The number of piperazine rings is 1. The minimum atomic E-state index is -0.589. The molecule has 1 aliphatic rings. The molecule has 0 radical (unpaired) electrons. The third-order valence-corrected chi connectivity index (χ3v) is 4.21. The standard InChI is InChI=1S/C19H20F2N2O2/c20-15-6-7-18(17(21)14-15)22-9-11-23(12-10-22)19(24)8-13-25-16-4-2-1-3-5-16/h1-7,14H,8-13H2. The van der Waals surface area contributed by atoms with Gasteiger partial charge >= 0.3 is 0 Å². The van der Waals surface area contributed by atoms with Gasteiger partial charge in [0.25, 0.3) is 0 Å². The van der Waals surface area contributed by atoms with Crippen molar-refractivity contribution >= 4 is 11.6 Å². The smallest absolute Gasteiger partial charge is 0.226 e. The molecule has 6 heteroatoms. The van der Waals surface area contributed by atoms with Crippen molar-refractivity contribution in [3.8, 4) is 5.75 Å². The van der Waals surface area contributed by atoms with Crippen LogP contribution >= 0.6 is 0 Å². The van der Waals surface area contributed by atoms with Gasteiger partial charge in [0.1, 0.15) is 17.4 Å². The first-order chi connectivity index (χ1) is 12.1. The minimum Gasteiger partial charge on any atom is -0.493 e. The van der Waals surface area contributed by atoms with Crippen molar-refractivity contribution in [2.24, 2.45) is 0 Å². The van der Waals surface area contributed by atoms with Crippen LogP contribution in [0.5, 0.6) is 5.75 Å². The highest BCUT2D eigenvalue weighted by Gasteiger charge is 2.22. The average molecular weight is 346 g/mol. The zero-order valence-electron chi connectivity index (χ0n) is 13.8. The first kappa shape index (κ1) is 17.2. The van der Waals surface area contributed by atoms with E-state index in [0.29, 0.717) is 44.9 Å². The summed E-state index contributed by atoms with van der Waals surface area (Å²) in [6.07, 6.45) is 0.305.